The van der Waals surface area contributed by atoms with Crippen LogP contribution in [0.1, 0.15) is 31.7 Å². The zero-order chi connectivity index (χ0) is 9.68. The Balaban J connectivity index is 2.78. The van der Waals surface area contributed by atoms with E-state index in [9.17, 15) is 5.11 Å². The van der Waals surface area contributed by atoms with Gasteiger partial charge in [0.1, 0.15) is 0 Å². The Hall–Kier alpha value is -0.820. The minimum atomic E-state index is 0.249. The van der Waals surface area contributed by atoms with Crippen molar-refractivity contribution in [3.8, 4) is 0 Å². The molecule has 0 saturated heterocycles. The molecule has 1 aromatic rings. The lowest BCUT2D eigenvalue weighted by Gasteiger charge is -2.20. The lowest BCUT2D eigenvalue weighted by molar-refractivity contribution is 0.229. The van der Waals surface area contributed by atoms with Crippen LogP contribution in [0.15, 0.2) is 30.3 Å². The molecular weight excluding hydrogens is 160 g/mol. The van der Waals surface area contributed by atoms with Crippen LogP contribution in [-0.4, -0.2) is 11.7 Å². The molecule has 2 atom stereocenters. The first-order valence-corrected chi connectivity index (χ1v) is 4.95. The number of aliphatic hydroxyl groups is 1. The van der Waals surface area contributed by atoms with E-state index in [2.05, 4.69) is 26.0 Å². The minimum absolute atomic E-state index is 0.249. The molecule has 0 aromatic heterocycles. The van der Waals surface area contributed by atoms with Crippen molar-refractivity contribution >= 4 is 0 Å². The van der Waals surface area contributed by atoms with Gasteiger partial charge in [-0.05, 0) is 11.5 Å². The Morgan fingerprint density at radius 1 is 1.23 bits per heavy atom. The van der Waals surface area contributed by atoms with Crippen LogP contribution in [0.5, 0.6) is 0 Å². The smallest absolute Gasteiger partial charge is 0.0502 e. The zero-order valence-corrected chi connectivity index (χ0v) is 8.40. The second-order valence-corrected chi connectivity index (χ2v) is 3.59. The molecule has 0 unspecified atom stereocenters. The molecule has 0 bridgehead atoms. The quantitative estimate of drug-likeness (QED) is 0.751. The zero-order valence-electron chi connectivity index (χ0n) is 8.40. The first-order chi connectivity index (χ1) is 6.29. The fourth-order valence-electron chi connectivity index (χ4n) is 1.60. The van der Waals surface area contributed by atoms with Crippen molar-refractivity contribution in [1.29, 1.82) is 0 Å². The summed E-state index contributed by atoms with van der Waals surface area (Å²) in [5.74, 6) is 0.846. The normalized spacial score (nSPS) is 15.3. The monoisotopic (exact) mass is 178 g/mol. The highest BCUT2D eigenvalue weighted by molar-refractivity contribution is 5.20. The molecule has 1 aromatic carbocycles. The van der Waals surface area contributed by atoms with Crippen LogP contribution in [-0.2, 0) is 0 Å². The van der Waals surface area contributed by atoms with Gasteiger partial charge in [-0.3, -0.25) is 0 Å². The maximum Gasteiger partial charge on any atom is 0.0502 e. The van der Waals surface area contributed by atoms with Crippen LogP contribution in [0, 0.1) is 5.92 Å². The molecule has 1 heteroatoms. The second-order valence-electron chi connectivity index (χ2n) is 3.59. The summed E-state index contributed by atoms with van der Waals surface area (Å²) in [6, 6.07) is 10.2. The van der Waals surface area contributed by atoms with Crippen molar-refractivity contribution in [2.45, 2.75) is 26.2 Å². The summed E-state index contributed by atoms with van der Waals surface area (Å²) >= 11 is 0. The van der Waals surface area contributed by atoms with E-state index in [4.69, 9.17) is 0 Å². The van der Waals surface area contributed by atoms with Crippen molar-refractivity contribution < 1.29 is 5.11 Å². The highest BCUT2D eigenvalue weighted by atomic mass is 16.3. The molecule has 0 saturated carbocycles. The molecule has 0 spiro atoms. The third kappa shape index (κ3) is 2.56. The second kappa shape index (κ2) is 5.03. The van der Waals surface area contributed by atoms with Gasteiger partial charge in [0.25, 0.3) is 0 Å². The average Bonchev–Trinajstić information content (AvgIpc) is 2.20. The predicted octanol–water partition coefficient (Wildman–Crippen LogP) is 2.81. The van der Waals surface area contributed by atoms with E-state index in [1.54, 1.807) is 0 Å². The summed E-state index contributed by atoms with van der Waals surface area (Å²) in [6.07, 6.45) is 1.11. The Bertz CT molecular complexity index is 230. The first kappa shape index (κ1) is 10.3. The lowest BCUT2D eigenvalue weighted by Crippen LogP contribution is -2.12. The molecule has 1 N–H and O–H groups in total. The molecular formula is C12H18O. The molecule has 0 heterocycles. The number of benzene rings is 1. The minimum Gasteiger partial charge on any atom is -0.396 e. The predicted molar refractivity (Wildman–Crippen MR) is 55.7 cm³/mol. The van der Waals surface area contributed by atoms with Gasteiger partial charge >= 0.3 is 0 Å². The van der Waals surface area contributed by atoms with Crippen molar-refractivity contribution in [3.63, 3.8) is 0 Å². The highest BCUT2D eigenvalue weighted by Crippen LogP contribution is 2.25. The first-order valence-electron chi connectivity index (χ1n) is 4.95. The topological polar surface area (TPSA) is 20.2 Å². The molecule has 0 amide bonds. The SMILES string of the molecule is CC[C@H](C)[C@H](CO)c1ccccc1. The van der Waals surface area contributed by atoms with E-state index in [-0.39, 0.29) is 6.61 Å². The number of hydrogen-bond acceptors (Lipinski definition) is 1. The Kier molecular flexibility index (Phi) is 3.97. The molecule has 0 aliphatic carbocycles. The van der Waals surface area contributed by atoms with Crippen molar-refractivity contribution in [2.75, 3.05) is 6.61 Å². The van der Waals surface area contributed by atoms with Crippen molar-refractivity contribution in [2.24, 2.45) is 5.92 Å². The van der Waals surface area contributed by atoms with E-state index in [1.807, 2.05) is 18.2 Å². The molecule has 72 valence electrons. The van der Waals surface area contributed by atoms with Gasteiger partial charge < -0.3 is 5.11 Å². The maximum atomic E-state index is 9.28. The summed E-state index contributed by atoms with van der Waals surface area (Å²) in [5, 5.41) is 9.28. The molecule has 1 rings (SSSR count). The number of aliphatic hydroxyl groups excluding tert-OH is 1. The summed E-state index contributed by atoms with van der Waals surface area (Å²) in [4.78, 5) is 0. The third-order valence-electron chi connectivity index (χ3n) is 2.76. The average molecular weight is 178 g/mol. The molecule has 0 fully saturated rings. The Morgan fingerprint density at radius 3 is 2.31 bits per heavy atom. The Morgan fingerprint density at radius 2 is 1.85 bits per heavy atom. The van der Waals surface area contributed by atoms with Gasteiger partial charge in [0.2, 0.25) is 0 Å². The molecule has 1 nitrogen and oxygen atoms in total. The molecule has 13 heavy (non-hydrogen) atoms. The van der Waals surface area contributed by atoms with Crippen LogP contribution < -0.4 is 0 Å². The van der Waals surface area contributed by atoms with Gasteiger partial charge in [0.05, 0.1) is 6.61 Å². The lowest BCUT2D eigenvalue weighted by atomic mass is 9.86. The van der Waals surface area contributed by atoms with Crippen LogP contribution >= 0.6 is 0 Å². The van der Waals surface area contributed by atoms with Gasteiger partial charge in [-0.15, -0.1) is 0 Å². The standard InChI is InChI=1S/C12H18O/c1-3-10(2)12(9-13)11-7-5-4-6-8-11/h4-8,10,12-13H,3,9H2,1-2H3/t10-,12-/m0/s1. The summed E-state index contributed by atoms with van der Waals surface area (Å²) in [6.45, 7) is 4.60. The van der Waals surface area contributed by atoms with Gasteiger partial charge in [-0.2, -0.15) is 0 Å². The molecule has 0 radical (unpaired) electrons. The largest absolute Gasteiger partial charge is 0.396 e. The fraction of sp³-hybridized carbons (Fsp3) is 0.500. The fourth-order valence-corrected chi connectivity index (χ4v) is 1.60. The van der Waals surface area contributed by atoms with Gasteiger partial charge in [-0.1, -0.05) is 50.6 Å². The molecule has 0 aliphatic heterocycles. The number of hydrogen-bond donors (Lipinski definition) is 1. The van der Waals surface area contributed by atoms with Gasteiger partial charge in [0, 0.05) is 5.92 Å². The highest BCUT2D eigenvalue weighted by Gasteiger charge is 2.15. The van der Waals surface area contributed by atoms with E-state index in [0.717, 1.165) is 6.42 Å². The van der Waals surface area contributed by atoms with Crippen LogP contribution in [0.25, 0.3) is 0 Å². The summed E-state index contributed by atoms with van der Waals surface area (Å²) < 4.78 is 0. The van der Waals surface area contributed by atoms with Gasteiger partial charge in [0.15, 0.2) is 0 Å². The van der Waals surface area contributed by atoms with E-state index < -0.39 is 0 Å². The van der Waals surface area contributed by atoms with E-state index in [1.165, 1.54) is 5.56 Å². The third-order valence-corrected chi connectivity index (χ3v) is 2.76. The molecule has 0 aliphatic rings. The number of rotatable bonds is 4. The summed E-state index contributed by atoms with van der Waals surface area (Å²) in [5.41, 5.74) is 1.25. The summed E-state index contributed by atoms with van der Waals surface area (Å²) in [7, 11) is 0. The van der Waals surface area contributed by atoms with Crippen molar-refractivity contribution in [1.82, 2.24) is 0 Å². The van der Waals surface area contributed by atoms with E-state index >= 15 is 0 Å². The van der Waals surface area contributed by atoms with E-state index in [0.29, 0.717) is 11.8 Å². The van der Waals surface area contributed by atoms with Crippen LogP contribution in [0.2, 0.25) is 0 Å². The maximum absolute atomic E-state index is 9.28. The van der Waals surface area contributed by atoms with Crippen molar-refractivity contribution in [3.05, 3.63) is 35.9 Å². The van der Waals surface area contributed by atoms with Gasteiger partial charge in [-0.25, -0.2) is 0 Å². The Labute approximate surface area is 80.4 Å². The van der Waals surface area contributed by atoms with Crippen LogP contribution in [0.4, 0.5) is 0 Å². The van der Waals surface area contributed by atoms with Crippen LogP contribution in [0.3, 0.4) is 0 Å².